The quantitative estimate of drug-likeness (QED) is 0.698. The Kier molecular flexibility index (Phi) is 6.93. The standard InChI is InChI=1S/C16H31NS/c1-2-11-17-16(15-9-5-6-10-15)13-18-12-14-7-3-4-8-14/h14-17H,2-13H2,1H3. The summed E-state index contributed by atoms with van der Waals surface area (Å²) >= 11 is 2.23. The van der Waals surface area contributed by atoms with Gasteiger partial charge in [-0.05, 0) is 56.2 Å². The van der Waals surface area contributed by atoms with Gasteiger partial charge in [-0.2, -0.15) is 11.8 Å². The van der Waals surface area contributed by atoms with E-state index in [1.165, 1.54) is 75.8 Å². The van der Waals surface area contributed by atoms with Crippen LogP contribution in [0.2, 0.25) is 0 Å². The van der Waals surface area contributed by atoms with Gasteiger partial charge in [0.15, 0.2) is 0 Å². The average molecular weight is 269 g/mol. The van der Waals surface area contributed by atoms with Crippen molar-refractivity contribution < 1.29 is 0 Å². The largest absolute Gasteiger partial charge is 0.313 e. The van der Waals surface area contributed by atoms with Crippen molar-refractivity contribution >= 4 is 11.8 Å². The SMILES string of the molecule is CCCNC(CSCC1CCCC1)C1CCCC1. The number of nitrogens with one attached hydrogen (secondary N) is 1. The highest BCUT2D eigenvalue weighted by atomic mass is 32.2. The van der Waals surface area contributed by atoms with Crippen molar-refractivity contribution in [2.75, 3.05) is 18.1 Å². The minimum Gasteiger partial charge on any atom is -0.313 e. The maximum atomic E-state index is 3.82. The summed E-state index contributed by atoms with van der Waals surface area (Å²) in [4.78, 5) is 0. The van der Waals surface area contributed by atoms with Gasteiger partial charge in [0.25, 0.3) is 0 Å². The molecule has 0 aromatic heterocycles. The summed E-state index contributed by atoms with van der Waals surface area (Å²) in [6.07, 6.45) is 13.2. The normalized spacial score (nSPS) is 23.8. The monoisotopic (exact) mass is 269 g/mol. The Balaban J connectivity index is 1.66. The van der Waals surface area contributed by atoms with Gasteiger partial charge in [0.1, 0.15) is 0 Å². The molecule has 0 spiro atoms. The minimum atomic E-state index is 0.804. The first-order valence-corrected chi connectivity index (χ1v) is 9.36. The summed E-state index contributed by atoms with van der Waals surface area (Å²) in [5, 5.41) is 3.82. The molecular formula is C16H31NS. The van der Waals surface area contributed by atoms with Crippen LogP contribution in [-0.2, 0) is 0 Å². The molecular weight excluding hydrogens is 238 g/mol. The lowest BCUT2D eigenvalue weighted by atomic mass is 10.00. The van der Waals surface area contributed by atoms with Crippen molar-refractivity contribution in [2.24, 2.45) is 11.8 Å². The highest BCUT2D eigenvalue weighted by molar-refractivity contribution is 7.99. The van der Waals surface area contributed by atoms with Gasteiger partial charge < -0.3 is 5.32 Å². The smallest absolute Gasteiger partial charge is 0.0186 e. The van der Waals surface area contributed by atoms with Crippen LogP contribution >= 0.6 is 11.8 Å². The molecule has 0 radical (unpaired) electrons. The molecule has 0 saturated heterocycles. The van der Waals surface area contributed by atoms with Crippen molar-refractivity contribution in [1.29, 1.82) is 0 Å². The molecule has 2 aliphatic carbocycles. The topological polar surface area (TPSA) is 12.0 Å². The van der Waals surface area contributed by atoms with E-state index >= 15 is 0 Å². The third-order valence-corrected chi connectivity index (χ3v) is 6.05. The zero-order valence-corrected chi connectivity index (χ0v) is 12.9. The molecule has 106 valence electrons. The molecule has 2 fully saturated rings. The van der Waals surface area contributed by atoms with E-state index in [1.54, 1.807) is 0 Å². The molecule has 2 rings (SSSR count). The van der Waals surface area contributed by atoms with E-state index in [1.807, 2.05) is 0 Å². The van der Waals surface area contributed by atoms with Crippen LogP contribution in [0.15, 0.2) is 0 Å². The molecule has 0 bridgehead atoms. The van der Waals surface area contributed by atoms with Crippen LogP contribution < -0.4 is 5.32 Å². The van der Waals surface area contributed by atoms with Crippen molar-refractivity contribution in [3.05, 3.63) is 0 Å². The molecule has 0 aliphatic heterocycles. The second-order valence-electron chi connectivity index (χ2n) is 6.29. The average Bonchev–Trinajstić information content (AvgIpc) is 3.05. The predicted molar refractivity (Wildman–Crippen MR) is 83.3 cm³/mol. The van der Waals surface area contributed by atoms with Gasteiger partial charge in [-0.25, -0.2) is 0 Å². The van der Waals surface area contributed by atoms with E-state index in [0.717, 1.165) is 17.9 Å². The number of hydrogen-bond acceptors (Lipinski definition) is 2. The van der Waals surface area contributed by atoms with Crippen LogP contribution in [0.5, 0.6) is 0 Å². The summed E-state index contributed by atoms with van der Waals surface area (Å²) in [7, 11) is 0. The Morgan fingerprint density at radius 3 is 2.39 bits per heavy atom. The fourth-order valence-electron chi connectivity index (χ4n) is 3.59. The molecule has 0 heterocycles. The lowest BCUT2D eigenvalue weighted by molar-refractivity contribution is 0.387. The van der Waals surface area contributed by atoms with Crippen LogP contribution in [0.4, 0.5) is 0 Å². The van der Waals surface area contributed by atoms with Gasteiger partial charge in [-0.15, -0.1) is 0 Å². The lowest BCUT2D eigenvalue weighted by Crippen LogP contribution is -2.38. The first-order valence-electron chi connectivity index (χ1n) is 8.21. The summed E-state index contributed by atoms with van der Waals surface area (Å²) in [5.41, 5.74) is 0. The summed E-state index contributed by atoms with van der Waals surface area (Å²) in [5.74, 6) is 4.82. The molecule has 1 nitrogen and oxygen atoms in total. The van der Waals surface area contributed by atoms with Crippen molar-refractivity contribution in [3.63, 3.8) is 0 Å². The summed E-state index contributed by atoms with van der Waals surface area (Å²) in [6, 6.07) is 0.804. The Bertz CT molecular complexity index is 207. The van der Waals surface area contributed by atoms with Crippen LogP contribution in [0.1, 0.15) is 64.7 Å². The molecule has 2 saturated carbocycles. The fraction of sp³-hybridized carbons (Fsp3) is 1.00. The van der Waals surface area contributed by atoms with Crippen LogP contribution in [-0.4, -0.2) is 24.1 Å². The van der Waals surface area contributed by atoms with Gasteiger partial charge in [0.05, 0.1) is 0 Å². The minimum absolute atomic E-state index is 0.804. The number of hydrogen-bond donors (Lipinski definition) is 1. The molecule has 0 aromatic carbocycles. The first-order chi connectivity index (χ1) is 8.90. The second kappa shape index (κ2) is 8.47. The van der Waals surface area contributed by atoms with Gasteiger partial charge in [-0.3, -0.25) is 0 Å². The molecule has 18 heavy (non-hydrogen) atoms. The van der Waals surface area contributed by atoms with E-state index < -0.39 is 0 Å². The summed E-state index contributed by atoms with van der Waals surface area (Å²) in [6.45, 7) is 3.50. The van der Waals surface area contributed by atoms with Crippen molar-refractivity contribution in [3.8, 4) is 0 Å². The van der Waals surface area contributed by atoms with Gasteiger partial charge >= 0.3 is 0 Å². The first kappa shape index (κ1) is 14.7. The van der Waals surface area contributed by atoms with E-state index in [0.29, 0.717) is 0 Å². The molecule has 1 unspecified atom stereocenters. The lowest BCUT2D eigenvalue weighted by Gasteiger charge is -2.25. The third-order valence-electron chi connectivity index (χ3n) is 4.75. The molecule has 1 atom stereocenters. The molecule has 0 amide bonds. The maximum Gasteiger partial charge on any atom is 0.0186 e. The Labute approximate surface area is 118 Å². The van der Waals surface area contributed by atoms with Crippen LogP contribution in [0.25, 0.3) is 0 Å². The molecule has 1 N–H and O–H groups in total. The van der Waals surface area contributed by atoms with Crippen LogP contribution in [0, 0.1) is 11.8 Å². The molecule has 2 aliphatic rings. The number of thioether (sulfide) groups is 1. The van der Waals surface area contributed by atoms with Crippen molar-refractivity contribution in [2.45, 2.75) is 70.8 Å². The highest BCUT2D eigenvalue weighted by Crippen LogP contribution is 2.31. The van der Waals surface area contributed by atoms with E-state index in [-0.39, 0.29) is 0 Å². The number of rotatable bonds is 8. The summed E-state index contributed by atoms with van der Waals surface area (Å²) < 4.78 is 0. The zero-order valence-electron chi connectivity index (χ0n) is 12.1. The van der Waals surface area contributed by atoms with Gasteiger partial charge in [0.2, 0.25) is 0 Å². The van der Waals surface area contributed by atoms with E-state index in [4.69, 9.17) is 0 Å². The van der Waals surface area contributed by atoms with Gasteiger partial charge in [-0.1, -0.05) is 32.6 Å². The molecule has 2 heteroatoms. The zero-order chi connectivity index (χ0) is 12.6. The van der Waals surface area contributed by atoms with E-state index in [2.05, 4.69) is 24.0 Å². The van der Waals surface area contributed by atoms with Crippen molar-refractivity contribution in [1.82, 2.24) is 5.32 Å². The van der Waals surface area contributed by atoms with Gasteiger partial charge in [0, 0.05) is 11.8 Å². The Hall–Kier alpha value is 0.310. The predicted octanol–water partition coefficient (Wildman–Crippen LogP) is 4.47. The third kappa shape index (κ3) is 4.77. The fourth-order valence-corrected chi connectivity index (χ4v) is 5.04. The second-order valence-corrected chi connectivity index (χ2v) is 7.37. The molecule has 0 aromatic rings. The maximum absolute atomic E-state index is 3.82. The van der Waals surface area contributed by atoms with E-state index in [9.17, 15) is 0 Å². The Morgan fingerprint density at radius 2 is 1.72 bits per heavy atom. The van der Waals surface area contributed by atoms with Crippen LogP contribution in [0.3, 0.4) is 0 Å². The Morgan fingerprint density at radius 1 is 1.06 bits per heavy atom. The highest BCUT2D eigenvalue weighted by Gasteiger charge is 2.24.